The Hall–Kier alpha value is -1.10. The van der Waals surface area contributed by atoms with Gasteiger partial charge in [0.25, 0.3) is 0 Å². The summed E-state index contributed by atoms with van der Waals surface area (Å²) in [5, 5.41) is 5.12. The minimum atomic E-state index is 0.0391. The monoisotopic (exact) mass is 299 g/mol. The molecular weight excluding hydrogens is 285 g/mol. The predicted octanol–water partition coefficient (Wildman–Crippen LogP) is 3.25. The van der Waals surface area contributed by atoms with E-state index in [1.807, 2.05) is 6.92 Å². The van der Waals surface area contributed by atoms with Gasteiger partial charge in [0.15, 0.2) is 5.82 Å². The summed E-state index contributed by atoms with van der Waals surface area (Å²) < 4.78 is 5.16. The second-order valence-electron chi connectivity index (χ2n) is 4.35. The van der Waals surface area contributed by atoms with Crippen molar-refractivity contribution in [1.29, 1.82) is 0 Å². The molecule has 6 heteroatoms. The molecule has 0 amide bonds. The summed E-state index contributed by atoms with van der Waals surface area (Å²) in [7, 11) is 0. The van der Waals surface area contributed by atoms with Crippen molar-refractivity contribution >= 4 is 23.2 Å². The van der Waals surface area contributed by atoms with Crippen molar-refractivity contribution in [3.63, 3.8) is 0 Å². The van der Waals surface area contributed by atoms with Crippen LogP contribution in [0.3, 0.4) is 0 Å². The molecule has 2 aromatic rings. The zero-order valence-corrected chi connectivity index (χ0v) is 12.1. The summed E-state index contributed by atoms with van der Waals surface area (Å²) in [6, 6.07) is 5.42. The van der Waals surface area contributed by atoms with Gasteiger partial charge in [0.05, 0.1) is 0 Å². The van der Waals surface area contributed by atoms with Crippen LogP contribution in [0.1, 0.15) is 30.6 Å². The topological polar surface area (TPSA) is 64.9 Å². The molecule has 102 valence electrons. The van der Waals surface area contributed by atoms with E-state index in [0.717, 1.165) is 12.0 Å². The standard InChI is InChI=1S/C13H15Cl2N3O/c1-2-8(16)6-13-17-12(18-19-13)7-9-10(14)4-3-5-11(9)15/h3-5,8H,2,6-7,16H2,1H3. The second kappa shape index (κ2) is 6.37. The highest BCUT2D eigenvalue weighted by Gasteiger charge is 2.13. The van der Waals surface area contributed by atoms with Crippen molar-refractivity contribution in [1.82, 2.24) is 10.1 Å². The normalized spacial score (nSPS) is 12.6. The van der Waals surface area contributed by atoms with E-state index in [2.05, 4.69) is 10.1 Å². The summed E-state index contributed by atoms with van der Waals surface area (Å²) in [6.07, 6.45) is 1.90. The molecule has 0 aliphatic carbocycles. The van der Waals surface area contributed by atoms with E-state index < -0.39 is 0 Å². The van der Waals surface area contributed by atoms with E-state index in [1.165, 1.54) is 0 Å². The molecule has 1 heterocycles. The molecule has 0 saturated carbocycles. The molecule has 1 aromatic heterocycles. The van der Waals surface area contributed by atoms with Gasteiger partial charge in [0, 0.05) is 28.9 Å². The fraction of sp³-hybridized carbons (Fsp3) is 0.385. The van der Waals surface area contributed by atoms with Gasteiger partial charge in [-0.3, -0.25) is 0 Å². The van der Waals surface area contributed by atoms with Gasteiger partial charge >= 0.3 is 0 Å². The Morgan fingerprint density at radius 3 is 2.63 bits per heavy atom. The van der Waals surface area contributed by atoms with E-state index in [9.17, 15) is 0 Å². The van der Waals surface area contributed by atoms with Crippen molar-refractivity contribution in [2.45, 2.75) is 32.2 Å². The first-order valence-electron chi connectivity index (χ1n) is 6.10. The second-order valence-corrected chi connectivity index (χ2v) is 5.17. The number of nitrogens with two attached hydrogens (primary N) is 1. The minimum Gasteiger partial charge on any atom is -0.339 e. The predicted molar refractivity (Wildman–Crippen MR) is 75.5 cm³/mol. The average molecular weight is 300 g/mol. The molecule has 1 atom stereocenters. The molecule has 4 nitrogen and oxygen atoms in total. The minimum absolute atomic E-state index is 0.0391. The van der Waals surface area contributed by atoms with Gasteiger partial charge < -0.3 is 10.3 Å². The lowest BCUT2D eigenvalue weighted by Gasteiger charge is -2.03. The summed E-state index contributed by atoms with van der Waals surface area (Å²) in [6.45, 7) is 2.02. The highest BCUT2D eigenvalue weighted by atomic mass is 35.5. The third-order valence-electron chi connectivity index (χ3n) is 2.87. The zero-order valence-electron chi connectivity index (χ0n) is 10.6. The molecule has 0 spiro atoms. The number of hydrogen-bond acceptors (Lipinski definition) is 4. The first kappa shape index (κ1) is 14.3. The molecule has 0 radical (unpaired) electrons. The zero-order chi connectivity index (χ0) is 13.8. The largest absolute Gasteiger partial charge is 0.339 e. The summed E-state index contributed by atoms with van der Waals surface area (Å²) in [4.78, 5) is 4.30. The van der Waals surface area contributed by atoms with Gasteiger partial charge in [0.2, 0.25) is 5.89 Å². The van der Waals surface area contributed by atoms with Gasteiger partial charge in [-0.25, -0.2) is 0 Å². The van der Waals surface area contributed by atoms with Gasteiger partial charge in [-0.05, 0) is 24.1 Å². The summed E-state index contributed by atoms with van der Waals surface area (Å²) >= 11 is 12.2. The number of hydrogen-bond donors (Lipinski definition) is 1. The first-order chi connectivity index (χ1) is 9.10. The smallest absolute Gasteiger partial charge is 0.228 e. The van der Waals surface area contributed by atoms with Crippen molar-refractivity contribution in [2.24, 2.45) is 5.73 Å². The number of halogens is 2. The van der Waals surface area contributed by atoms with Crippen molar-refractivity contribution in [3.8, 4) is 0 Å². The highest BCUT2D eigenvalue weighted by molar-refractivity contribution is 6.36. The van der Waals surface area contributed by atoms with E-state index in [1.54, 1.807) is 18.2 Å². The van der Waals surface area contributed by atoms with Crippen LogP contribution in [0.5, 0.6) is 0 Å². The maximum absolute atomic E-state index is 6.10. The van der Waals surface area contributed by atoms with Crippen LogP contribution < -0.4 is 5.73 Å². The maximum Gasteiger partial charge on any atom is 0.228 e. The highest BCUT2D eigenvalue weighted by Crippen LogP contribution is 2.26. The summed E-state index contributed by atoms with van der Waals surface area (Å²) in [5.74, 6) is 1.11. The van der Waals surface area contributed by atoms with Gasteiger partial charge in [0.1, 0.15) is 0 Å². The van der Waals surface area contributed by atoms with Crippen molar-refractivity contribution in [3.05, 3.63) is 45.5 Å². The molecule has 1 aromatic carbocycles. The SMILES string of the molecule is CCC(N)Cc1nc(Cc2c(Cl)cccc2Cl)no1. The number of benzene rings is 1. The molecule has 2 N–H and O–H groups in total. The van der Waals surface area contributed by atoms with Crippen molar-refractivity contribution in [2.75, 3.05) is 0 Å². The fourth-order valence-electron chi connectivity index (χ4n) is 1.67. The van der Waals surface area contributed by atoms with Crippen LogP contribution >= 0.6 is 23.2 Å². The Balaban J connectivity index is 2.12. The molecule has 0 fully saturated rings. The molecule has 0 saturated heterocycles. The third-order valence-corrected chi connectivity index (χ3v) is 3.58. The Bertz CT molecular complexity index is 536. The number of nitrogens with zero attached hydrogens (tertiary/aromatic N) is 2. The third kappa shape index (κ3) is 3.69. The van der Waals surface area contributed by atoms with E-state index in [-0.39, 0.29) is 6.04 Å². The van der Waals surface area contributed by atoms with E-state index >= 15 is 0 Å². The molecule has 0 bridgehead atoms. The van der Waals surface area contributed by atoms with Crippen LogP contribution in [-0.2, 0) is 12.8 Å². The van der Waals surface area contributed by atoms with Crippen molar-refractivity contribution < 1.29 is 4.52 Å². The lowest BCUT2D eigenvalue weighted by molar-refractivity contribution is 0.363. The maximum atomic E-state index is 6.10. The van der Waals surface area contributed by atoms with Crippen LogP contribution in [0, 0.1) is 0 Å². The van der Waals surface area contributed by atoms with Crippen LogP contribution in [0.4, 0.5) is 0 Å². The molecule has 0 aliphatic rings. The Morgan fingerprint density at radius 2 is 2.00 bits per heavy atom. The van der Waals surface area contributed by atoms with Gasteiger partial charge in [-0.2, -0.15) is 4.98 Å². The first-order valence-corrected chi connectivity index (χ1v) is 6.85. The lowest BCUT2D eigenvalue weighted by atomic mass is 10.1. The Kier molecular flexibility index (Phi) is 4.80. The van der Waals surface area contributed by atoms with Crippen LogP contribution in [0.2, 0.25) is 10.0 Å². The van der Waals surface area contributed by atoms with Gasteiger partial charge in [-0.15, -0.1) is 0 Å². The fourth-order valence-corrected chi connectivity index (χ4v) is 2.20. The number of aromatic nitrogens is 2. The molecule has 0 aliphatic heterocycles. The summed E-state index contributed by atoms with van der Waals surface area (Å²) in [5.41, 5.74) is 6.65. The Morgan fingerprint density at radius 1 is 1.32 bits per heavy atom. The van der Waals surface area contributed by atoms with Crippen LogP contribution in [-0.4, -0.2) is 16.2 Å². The molecule has 19 heavy (non-hydrogen) atoms. The molecule has 1 unspecified atom stereocenters. The van der Waals surface area contributed by atoms with Crippen LogP contribution in [0.15, 0.2) is 22.7 Å². The Labute approximate surface area is 121 Å². The average Bonchev–Trinajstić information content (AvgIpc) is 2.81. The van der Waals surface area contributed by atoms with E-state index in [4.69, 9.17) is 33.5 Å². The van der Waals surface area contributed by atoms with Gasteiger partial charge in [-0.1, -0.05) is 41.3 Å². The van der Waals surface area contributed by atoms with E-state index in [0.29, 0.717) is 34.6 Å². The molecular formula is C13H15Cl2N3O. The van der Waals surface area contributed by atoms with Crippen LogP contribution in [0.25, 0.3) is 0 Å². The molecule has 2 rings (SSSR count). The number of rotatable bonds is 5. The quantitative estimate of drug-likeness (QED) is 0.920. The lowest BCUT2D eigenvalue weighted by Crippen LogP contribution is -2.21.